The quantitative estimate of drug-likeness (QED) is 0.688. The second kappa shape index (κ2) is 5.79. The van der Waals surface area contributed by atoms with Crippen LogP contribution in [0.15, 0.2) is 30.6 Å². The zero-order valence-electron chi connectivity index (χ0n) is 10.7. The Hall–Kier alpha value is -2.28. The Morgan fingerprint density at radius 1 is 1.55 bits per heavy atom. The van der Waals surface area contributed by atoms with Crippen LogP contribution in [-0.4, -0.2) is 27.3 Å². The van der Waals surface area contributed by atoms with Crippen molar-refractivity contribution in [1.82, 2.24) is 9.78 Å². The number of rotatable bonds is 4. The molecule has 0 saturated heterocycles. The maximum Gasteiger partial charge on any atom is 0.341 e. The molecule has 0 atom stereocenters. The average molecular weight is 293 g/mol. The summed E-state index contributed by atoms with van der Waals surface area (Å²) in [5.41, 5.74) is 6.70. The van der Waals surface area contributed by atoms with E-state index in [-0.39, 0.29) is 11.6 Å². The standard InChI is InChI=1S/C13H12FN3O2S/c1-2-19-13(18)8-6-16-17(7-8)11-4-3-9(14)5-10(11)12(15)20/h3-7H,2H2,1H3,(H2,15,20). The van der Waals surface area contributed by atoms with E-state index in [0.29, 0.717) is 16.8 Å². The Balaban J connectivity index is 2.42. The van der Waals surface area contributed by atoms with Crippen molar-refractivity contribution < 1.29 is 13.9 Å². The van der Waals surface area contributed by atoms with Crippen molar-refractivity contribution in [3.05, 3.63) is 47.5 Å². The number of benzene rings is 1. The van der Waals surface area contributed by atoms with Crippen LogP contribution in [0, 0.1) is 5.82 Å². The summed E-state index contributed by atoms with van der Waals surface area (Å²) in [5.74, 6) is -0.924. The topological polar surface area (TPSA) is 70.1 Å². The Kier molecular flexibility index (Phi) is 4.09. The molecule has 0 aliphatic heterocycles. The Labute approximate surface area is 120 Å². The van der Waals surface area contributed by atoms with Crippen LogP contribution in [0.2, 0.25) is 0 Å². The number of hydrogen-bond donors (Lipinski definition) is 1. The first kappa shape index (κ1) is 14.1. The van der Waals surface area contributed by atoms with Crippen molar-refractivity contribution in [2.75, 3.05) is 6.61 Å². The van der Waals surface area contributed by atoms with Crippen LogP contribution in [0.5, 0.6) is 0 Å². The van der Waals surface area contributed by atoms with Gasteiger partial charge in [-0.25, -0.2) is 13.9 Å². The number of nitrogens with two attached hydrogens (primary N) is 1. The number of nitrogens with zero attached hydrogens (tertiary/aromatic N) is 2. The maximum absolute atomic E-state index is 13.2. The van der Waals surface area contributed by atoms with E-state index < -0.39 is 11.8 Å². The van der Waals surface area contributed by atoms with Crippen molar-refractivity contribution in [3.63, 3.8) is 0 Å². The van der Waals surface area contributed by atoms with Gasteiger partial charge in [-0.1, -0.05) is 12.2 Å². The molecule has 0 aliphatic rings. The van der Waals surface area contributed by atoms with Gasteiger partial charge in [-0.05, 0) is 25.1 Å². The molecule has 0 bridgehead atoms. The van der Waals surface area contributed by atoms with Crippen LogP contribution in [-0.2, 0) is 4.74 Å². The highest BCUT2D eigenvalue weighted by molar-refractivity contribution is 7.80. The molecule has 7 heteroatoms. The number of esters is 1. The minimum Gasteiger partial charge on any atom is -0.462 e. The van der Waals surface area contributed by atoms with E-state index in [1.54, 1.807) is 6.92 Å². The lowest BCUT2D eigenvalue weighted by Crippen LogP contribution is -2.14. The van der Waals surface area contributed by atoms with Gasteiger partial charge in [0.15, 0.2) is 0 Å². The first-order valence-electron chi connectivity index (χ1n) is 5.84. The fourth-order valence-electron chi connectivity index (χ4n) is 1.68. The molecule has 0 fully saturated rings. The minimum atomic E-state index is -0.474. The third-order valence-electron chi connectivity index (χ3n) is 2.56. The van der Waals surface area contributed by atoms with Gasteiger partial charge < -0.3 is 10.5 Å². The van der Waals surface area contributed by atoms with Crippen molar-refractivity contribution >= 4 is 23.2 Å². The van der Waals surface area contributed by atoms with Crippen LogP contribution in [0.25, 0.3) is 5.69 Å². The summed E-state index contributed by atoms with van der Waals surface area (Å²) >= 11 is 4.89. The first-order chi connectivity index (χ1) is 9.52. The normalized spacial score (nSPS) is 10.3. The predicted molar refractivity (Wildman–Crippen MR) is 75.4 cm³/mol. The highest BCUT2D eigenvalue weighted by Crippen LogP contribution is 2.16. The van der Waals surface area contributed by atoms with Gasteiger partial charge in [0.2, 0.25) is 0 Å². The van der Waals surface area contributed by atoms with Gasteiger partial charge in [0.05, 0.1) is 24.1 Å². The zero-order chi connectivity index (χ0) is 14.7. The summed E-state index contributed by atoms with van der Waals surface area (Å²) in [6.07, 6.45) is 2.84. The summed E-state index contributed by atoms with van der Waals surface area (Å²) in [5, 5.41) is 4.04. The molecular formula is C13H12FN3O2S. The molecule has 2 N–H and O–H groups in total. The maximum atomic E-state index is 13.2. The number of halogens is 1. The third kappa shape index (κ3) is 2.83. The van der Waals surface area contributed by atoms with Gasteiger partial charge in [0.1, 0.15) is 10.8 Å². The van der Waals surface area contributed by atoms with Crippen molar-refractivity contribution in [3.8, 4) is 5.69 Å². The third-order valence-corrected chi connectivity index (χ3v) is 2.78. The molecular weight excluding hydrogens is 281 g/mol. The SMILES string of the molecule is CCOC(=O)c1cnn(-c2ccc(F)cc2C(N)=S)c1. The first-order valence-corrected chi connectivity index (χ1v) is 6.25. The van der Waals surface area contributed by atoms with Crippen molar-refractivity contribution in [1.29, 1.82) is 0 Å². The smallest absolute Gasteiger partial charge is 0.341 e. The molecule has 1 aromatic carbocycles. The van der Waals surface area contributed by atoms with E-state index in [4.69, 9.17) is 22.7 Å². The predicted octanol–water partition coefficient (Wildman–Crippen LogP) is 1.82. The molecule has 104 valence electrons. The number of carbonyl (C=O) groups is 1. The average Bonchev–Trinajstić information content (AvgIpc) is 2.88. The lowest BCUT2D eigenvalue weighted by atomic mass is 10.1. The van der Waals surface area contributed by atoms with E-state index in [0.717, 1.165) is 0 Å². The molecule has 2 aromatic rings. The monoisotopic (exact) mass is 293 g/mol. The molecule has 20 heavy (non-hydrogen) atoms. The van der Waals surface area contributed by atoms with Crippen LogP contribution >= 0.6 is 12.2 Å². The molecule has 0 amide bonds. The Bertz CT molecular complexity index is 669. The molecule has 0 aliphatic carbocycles. The molecule has 0 saturated carbocycles. The highest BCUT2D eigenvalue weighted by Gasteiger charge is 2.13. The van der Waals surface area contributed by atoms with Crippen molar-refractivity contribution in [2.45, 2.75) is 6.92 Å². The van der Waals surface area contributed by atoms with Crippen LogP contribution in [0.3, 0.4) is 0 Å². The second-order valence-electron chi connectivity index (χ2n) is 3.92. The van der Waals surface area contributed by atoms with Crippen LogP contribution in [0.1, 0.15) is 22.8 Å². The lowest BCUT2D eigenvalue weighted by Gasteiger charge is -2.08. The van der Waals surface area contributed by atoms with Gasteiger partial charge in [-0.15, -0.1) is 0 Å². The van der Waals surface area contributed by atoms with E-state index in [2.05, 4.69) is 5.10 Å². The largest absolute Gasteiger partial charge is 0.462 e. The second-order valence-corrected chi connectivity index (χ2v) is 4.36. The number of hydrogen-bond acceptors (Lipinski definition) is 4. The molecule has 2 rings (SSSR count). The Morgan fingerprint density at radius 2 is 2.30 bits per heavy atom. The van der Waals surface area contributed by atoms with E-state index in [1.165, 1.54) is 35.3 Å². The molecule has 5 nitrogen and oxygen atoms in total. The van der Waals surface area contributed by atoms with E-state index in [9.17, 15) is 9.18 Å². The fourth-order valence-corrected chi connectivity index (χ4v) is 1.84. The summed E-state index contributed by atoms with van der Waals surface area (Å²) < 4.78 is 19.5. The molecule has 0 unspecified atom stereocenters. The van der Waals surface area contributed by atoms with Gasteiger partial charge >= 0.3 is 5.97 Å². The molecule has 1 heterocycles. The Morgan fingerprint density at radius 3 is 2.95 bits per heavy atom. The van der Waals surface area contributed by atoms with Gasteiger partial charge in [-0.3, -0.25) is 0 Å². The summed E-state index contributed by atoms with van der Waals surface area (Å²) in [6, 6.07) is 3.98. The van der Waals surface area contributed by atoms with E-state index in [1.807, 2.05) is 0 Å². The zero-order valence-corrected chi connectivity index (χ0v) is 11.5. The molecule has 0 radical (unpaired) electrons. The highest BCUT2D eigenvalue weighted by atomic mass is 32.1. The van der Waals surface area contributed by atoms with Gasteiger partial charge in [-0.2, -0.15) is 5.10 Å². The molecule has 1 aromatic heterocycles. The lowest BCUT2D eigenvalue weighted by molar-refractivity contribution is 0.0526. The molecule has 0 spiro atoms. The van der Waals surface area contributed by atoms with Crippen LogP contribution in [0.4, 0.5) is 4.39 Å². The fraction of sp³-hybridized carbons (Fsp3) is 0.154. The summed E-state index contributed by atoms with van der Waals surface area (Å²) in [4.78, 5) is 11.6. The summed E-state index contributed by atoms with van der Waals surface area (Å²) in [7, 11) is 0. The number of ether oxygens (including phenoxy) is 1. The van der Waals surface area contributed by atoms with Gasteiger partial charge in [0, 0.05) is 11.8 Å². The number of carbonyl (C=O) groups excluding carboxylic acids is 1. The van der Waals surface area contributed by atoms with E-state index >= 15 is 0 Å². The number of aromatic nitrogens is 2. The number of thiocarbonyl (C=S) groups is 1. The van der Waals surface area contributed by atoms with Crippen LogP contribution < -0.4 is 5.73 Å². The summed E-state index contributed by atoms with van der Waals surface area (Å²) in [6.45, 7) is 1.99. The minimum absolute atomic E-state index is 0.0488. The van der Waals surface area contributed by atoms with Crippen molar-refractivity contribution in [2.24, 2.45) is 5.73 Å². The van der Waals surface area contributed by atoms with Gasteiger partial charge in [0.25, 0.3) is 0 Å².